The van der Waals surface area contributed by atoms with E-state index in [1.54, 1.807) is 18.3 Å². The molecule has 0 unspecified atom stereocenters. The van der Waals surface area contributed by atoms with E-state index >= 15 is 0 Å². The normalized spacial score (nSPS) is 12.5. The summed E-state index contributed by atoms with van der Waals surface area (Å²) >= 11 is 1.69. The van der Waals surface area contributed by atoms with Gasteiger partial charge in [-0.3, -0.25) is 19.2 Å². The third-order valence-corrected chi connectivity index (χ3v) is 7.25. The van der Waals surface area contributed by atoms with Crippen molar-refractivity contribution in [3.63, 3.8) is 0 Å². The molecule has 0 saturated heterocycles. The van der Waals surface area contributed by atoms with Crippen molar-refractivity contribution >= 4 is 34.9 Å². The number of Topliss-reactive ketones (excluding diaryl/α,β-unsaturated/α-hetero) is 1. The van der Waals surface area contributed by atoms with Crippen molar-refractivity contribution in [3.05, 3.63) is 71.6 Å². The zero-order valence-corrected chi connectivity index (χ0v) is 21.6. The summed E-state index contributed by atoms with van der Waals surface area (Å²) in [7, 11) is 0. The zero-order valence-electron chi connectivity index (χ0n) is 20.8. The number of nitrogens with two attached hydrogens (primary N) is 1. The Morgan fingerprint density at radius 3 is 2.27 bits per heavy atom. The van der Waals surface area contributed by atoms with Crippen molar-refractivity contribution in [1.82, 2.24) is 5.32 Å². The molecule has 2 amide bonds. The van der Waals surface area contributed by atoms with Crippen molar-refractivity contribution in [3.8, 4) is 21.6 Å². The molecule has 0 aliphatic heterocycles. The molecule has 0 fully saturated rings. The van der Waals surface area contributed by atoms with Crippen molar-refractivity contribution < 1.29 is 24.3 Å². The lowest BCUT2D eigenvalue weighted by Crippen LogP contribution is -2.42. The Balaban J connectivity index is 1.51. The highest BCUT2D eigenvalue weighted by Crippen LogP contribution is 2.32. The second kappa shape index (κ2) is 13.5. The summed E-state index contributed by atoms with van der Waals surface area (Å²) in [6, 6.07) is 19.8. The standard InChI is InChI=1S/C29H32N2O5S/c1-2-24(25(32)16-22(29(30)36)13-15-28(34)35)31-27(33)14-10-19-8-11-21(12-9-19)26-17-23(18-37-26)20-6-4-3-5-7-20/h3-9,11-12,17-18,22,24H,2,10,13-16H2,1H3,(H2,30,36)(H,31,33)(H,34,35)/t22-,24-/m0/s1. The van der Waals surface area contributed by atoms with Gasteiger partial charge in [-0.25, -0.2) is 0 Å². The lowest BCUT2D eigenvalue weighted by atomic mass is 9.92. The number of nitrogens with one attached hydrogen (secondary N) is 1. The number of benzene rings is 2. The fourth-order valence-corrected chi connectivity index (χ4v) is 4.99. The minimum Gasteiger partial charge on any atom is -0.481 e. The number of thiophene rings is 1. The maximum Gasteiger partial charge on any atom is 0.303 e. The topological polar surface area (TPSA) is 127 Å². The number of hydrogen-bond acceptors (Lipinski definition) is 5. The van der Waals surface area contributed by atoms with E-state index in [2.05, 4.69) is 28.9 Å². The van der Waals surface area contributed by atoms with Gasteiger partial charge < -0.3 is 16.2 Å². The molecule has 1 heterocycles. The summed E-state index contributed by atoms with van der Waals surface area (Å²) in [6.45, 7) is 1.77. The summed E-state index contributed by atoms with van der Waals surface area (Å²) < 4.78 is 0. The zero-order chi connectivity index (χ0) is 26.8. The Labute approximate surface area is 220 Å². The first-order valence-electron chi connectivity index (χ1n) is 12.3. The summed E-state index contributed by atoms with van der Waals surface area (Å²) in [4.78, 5) is 48.7. The molecule has 2 atom stereocenters. The van der Waals surface area contributed by atoms with E-state index in [-0.39, 0.29) is 37.4 Å². The van der Waals surface area contributed by atoms with Crippen LogP contribution in [-0.4, -0.2) is 34.7 Å². The maximum atomic E-state index is 12.6. The quantitative estimate of drug-likeness (QED) is 0.280. The van der Waals surface area contributed by atoms with E-state index in [1.165, 1.54) is 16.0 Å². The second-order valence-corrected chi connectivity index (χ2v) is 9.90. The first-order chi connectivity index (χ1) is 17.8. The fraction of sp³-hybridized carbons (Fsp3) is 0.310. The van der Waals surface area contributed by atoms with Gasteiger partial charge in [0.15, 0.2) is 5.78 Å². The molecule has 194 valence electrons. The Hall–Kier alpha value is -3.78. The number of carbonyl (C=O) groups excluding carboxylic acids is 3. The predicted molar refractivity (Wildman–Crippen MR) is 145 cm³/mol. The van der Waals surface area contributed by atoms with Gasteiger partial charge in [-0.1, -0.05) is 61.5 Å². The second-order valence-electron chi connectivity index (χ2n) is 8.99. The van der Waals surface area contributed by atoms with Crippen LogP contribution in [0, 0.1) is 5.92 Å². The fourth-order valence-electron chi connectivity index (χ4n) is 4.07. The van der Waals surface area contributed by atoms with Gasteiger partial charge in [-0.05, 0) is 53.0 Å². The number of rotatable bonds is 14. The average molecular weight is 521 g/mol. The Morgan fingerprint density at radius 2 is 1.65 bits per heavy atom. The van der Waals surface area contributed by atoms with Crippen molar-refractivity contribution in [2.24, 2.45) is 11.7 Å². The highest BCUT2D eigenvalue weighted by atomic mass is 32.1. The number of aryl methyl sites for hydroxylation is 1. The average Bonchev–Trinajstić information content (AvgIpc) is 3.39. The molecule has 37 heavy (non-hydrogen) atoms. The molecule has 0 bridgehead atoms. The van der Waals surface area contributed by atoms with Crippen LogP contribution in [0.15, 0.2) is 66.0 Å². The molecule has 0 spiro atoms. The van der Waals surface area contributed by atoms with Gasteiger partial charge in [0, 0.05) is 30.1 Å². The van der Waals surface area contributed by atoms with Crippen LogP contribution in [0.3, 0.4) is 0 Å². The van der Waals surface area contributed by atoms with Crippen molar-refractivity contribution in [2.45, 2.75) is 51.5 Å². The lowest BCUT2D eigenvalue weighted by molar-refractivity contribution is -0.138. The number of aliphatic carboxylic acids is 1. The smallest absolute Gasteiger partial charge is 0.303 e. The van der Waals surface area contributed by atoms with Gasteiger partial charge in [0.1, 0.15) is 0 Å². The van der Waals surface area contributed by atoms with Crippen LogP contribution in [0.25, 0.3) is 21.6 Å². The molecule has 7 nitrogen and oxygen atoms in total. The van der Waals surface area contributed by atoms with E-state index < -0.39 is 23.8 Å². The van der Waals surface area contributed by atoms with Crippen LogP contribution >= 0.6 is 11.3 Å². The van der Waals surface area contributed by atoms with Gasteiger partial charge >= 0.3 is 5.97 Å². The molecule has 3 aromatic rings. The molecule has 8 heteroatoms. The Bertz CT molecular complexity index is 1220. The number of carboxylic acids is 1. The molecule has 3 rings (SSSR count). The number of primary amides is 1. The van der Waals surface area contributed by atoms with Crippen molar-refractivity contribution in [2.75, 3.05) is 0 Å². The molecule has 4 N–H and O–H groups in total. The molecule has 1 aromatic heterocycles. The lowest BCUT2D eigenvalue weighted by Gasteiger charge is -2.19. The van der Waals surface area contributed by atoms with Gasteiger partial charge in [0.05, 0.1) is 6.04 Å². The van der Waals surface area contributed by atoms with Gasteiger partial charge in [-0.2, -0.15) is 0 Å². The van der Waals surface area contributed by atoms with Crippen LogP contribution in [0.5, 0.6) is 0 Å². The molecule has 0 aliphatic rings. The number of carbonyl (C=O) groups is 4. The Kier molecular flexibility index (Phi) is 10.1. The molecule has 0 aliphatic carbocycles. The highest BCUT2D eigenvalue weighted by molar-refractivity contribution is 7.14. The number of carboxylic acid groups (broad SMARTS) is 1. The van der Waals surface area contributed by atoms with E-state index in [9.17, 15) is 19.2 Å². The third kappa shape index (κ3) is 8.39. The summed E-state index contributed by atoms with van der Waals surface area (Å²) in [5.74, 6) is -3.20. The molecular weight excluding hydrogens is 488 g/mol. The molecule has 0 radical (unpaired) electrons. The first-order valence-corrected chi connectivity index (χ1v) is 13.2. The molecular formula is C29H32N2O5S. The number of ketones is 1. The minimum absolute atomic E-state index is 0.00414. The monoisotopic (exact) mass is 520 g/mol. The van der Waals surface area contributed by atoms with E-state index in [4.69, 9.17) is 10.8 Å². The SMILES string of the molecule is CC[C@H](NC(=O)CCc1ccc(-c2cc(-c3ccccc3)cs2)cc1)C(=O)C[C@H](CCC(=O)O)C(N)=O. The van der Waals surface area contributed by atoms with Gasteiger partial charge in [0.25, 0.3) is 0 Å². The maximum absolute atomic E-state index is 12.6. The van der Waals surface area contributed by atoms with Crippen LogP contribution < -0.4 is 11.1 Å². The summed E-state index contributed by atoms with van der Waals surface area (Å²) in [5, 5.41) is 13.7. The van der Waals surface area contributed by atoms with Crippen LogP contribution in [0.2, 0.25) is 0 Å². The summed E-state index contributed by atoms with van der Waals surface area (Å²) in [5.41, 5.74) is 9.83. The summed E-state index contributed by atoms with van der Waals surface area (Å²) in [6.07, 6.45) is 0.684. The third-order valence-electron chi connectivity index (χ3n) is 6.27. The highest BCUT2D eigenvalue weighted by Gasteiger charge is 2.26. The van der Waals surface area contributed by atoms with Crippen LogP contribution in [0.4, 0.5) is 0 Å². The minimum atomic E-state index is -1.06. The van der Waals surface area contributed by atoms with Crippen LogP contribution in [-0.2, 0) is 25.6 Å². The van der Waals surface area contributed by atoms with Gasteiger partial charge in [-0.15, -0.1) is 11.3 Å². The van der Waals surface area contributed by atoms with Crippen LogP contribution in [0.1, 0.15) is 44.6 Å². The predicted octanol–water partition coefficient (Wildman–Crippen LogP) is 4.84. The van der Waals surface area contributed by atoms with E-state index in [0.29, 0.717) is 12.8 Å². The van der Waals surface area contributed by atoms with Crippen molar-refractivity contribution in [1.29, 1.82) is 0 Å². The molecule has 0 saturated carbocycles. The van der Waals surface area contributed by atoms with Gasteiger partial charge in [0.2, 0.25) is 11.8 Å². The number of amides is 2. The number of hydrogen-bond donors (Lipinski definition) is 3. The van der Waals surface area contributed by atoms with E-state index in [0.717, 1.165) is 11.1 Å². The first kappa shape index (κ1) is 27.8. The molecule has 2 aromatic carbocycles. The largest absolute Gasteiger partial charge is 0.481 e. The van der Waals surface area contributed by atoms with E-state index in [1.807, 2.05) is 42.5 Å². The Morgan fingerprint density at radius 1 is 0.946 bits per heavy atom.